The SMILES string of the molecule is CSc1nc(C(=O)N2CCOC[C@@H](O)C2)cs1. The molecule has 5 nitrogen and oxygen atoms in total. The Hall–Kier alpha value is -0.630. The van der Waals surface area contributed by atoms with Gasteiger partial charge in [0, 0.05) is 18.5 Å². The van der Waals surface area contributed by atoms with Gasteiger partial charge < -0.3 is 14.7 Å². The molecule has 0 aromatic carbocycles. The molecule has 0 bridgehead atoms. The topological polar surface area (TPSA) is 62.7 Å². The minimum atomic E-state index is -0.611. The Balaban J connectivity index is 2.07. The number of nitrogens with zero attached hydrogens (tertiary/aromatic N) is 2. The fourth-order valence-corrected chi connectivity index (χ4v) is 2.82. The molecule has 94 valence electrons. The molecule has 1 aliphatic heterocycles. The van der Waals surface area contributed by atoms with E-state index in [0.29, 0.717) is 25.4 Å². The largest absolute Gasteiger partial charge is 0.389 e. The van der Waals surface area contributed by atoms with Crippen LogP contribution in [0.25, 0.3) is 0 Å². The molecule has 0 spiro atoms. The van der Waals surface area contributed by atoms with Gasteiger partial charge in [-0.3, -0.25) is 4.79 Å². The first-order valence-corrected chi connectivity index (χ1v) is 7.35. The summed E-state index contributed by atoms with van der Waals surface area (Å²) in [6.07, 6.45) is 1.32. The number of carbonyl (C=O) groups is 1. The van der Waals surface area contributed by atoms with E-state index < -0.39 is 6.10 Å². The van der Waals surface area contributed by atoms with Gasteiger partial charge in [-0.15, -0.1) is 11.3 Å². The van der Waals surface area contributed by atoms with Crippen LogP contribution in [0.15, 0.2) is 9.72 Å². The molecule has 1 aliphatic rings. The summed E-state index contributed by atoms with van der Waals surface area (Å²) in [5, 5.41) is 11.3. The van der Waals surface area contributed by atoms with Crippen molar-refractivity contribution in [3.05, 3.63) is 11.1 Å². The van der Waals surface area contributed by atoms with E-state index in [9.17, 15) is 9.90 Å². The molecule has 0 radical (unpaired) electrons. The van der Waals surface area contributed by atoms with Crippen molar-refractivity contribution in [2.75, 3.05) is 32.6 Å². The number of rotatable bonds is 2. The van der Waals surface area contributed by atoms with Crippen molar-refractivity contribution in [3.63, 3.8) is 0 Å². The number of carbonyl (C=O) groups excluding carboxylic acids is 1. The van der Waals surface area contributed by atoms with E-state index in [1.807, 2.05) is 6.26 Å². The zero-order valence-electron chi connectivity index (χ0n) is 9.46. The quantitative estimate of drug-likeness (QED) is 0.804. The van der Waals surface area contributed by atoms with Gasteiger partial charge in [0.25, 0.3) is 5.91 Å². The van der Waals surface area contributed by atoms with Crippen LogP contribution in [0.3, 0.4) is 0 Å². The Morgan fingerprint density at radius 3 is 3.29 bits per heavy atom. The summed E-state index contributed by atoms with van der Waals surface area (Å²) in [6, 6.07) is 0. The van der Waals surface area contributed by atoms with E-state index in [2.05, 4.69) is 4.98 Å². The van der Waals surface area contributed by atoms with Gasteiger partial charge >= 0.3 is 0 Å². The minimum absolute atomic E-state index is 0.133. The van der Waals surface area contributed by atoms with Gasteiger partial charge in [-0.1, -0.05) is 11.8 Å². The van der Waals surface area contributed by atoms with E-state index in [4.69, 9.17) is 4.74 Å². The summed E-state index contributed by atoms with van der Waals surface area (Å²) in [5.41, 5.74) is 0.452. The highest BCUT2D eigenvalue weighted by atomic mass is 32.2. The summed E-state index contributed by atoms with van der Waals surface area (Å²) in [6.45, 7) is 1.56. The first-order valence-electron chi connectivity index (χ1n) is 5.25. The highest BCUT2D eigenvalue weighted by Gasteiger charge is 2.23. The van der Waals surface area contributed by atoms with Gasteiger partial charge in [-0.2, -0.15) is 0 Å². The fourth-order valence-electron chi connectivity index (χ4n) is 1.59. The van der Waals surface area contributed by atoms with E-state index in [1.165, 1.54) is 23.1 Å². The molecular formula is C10H14N2O3S2. The molecule has 1 aromatic rings. The number of hydrogen-bond donors (Lipinski definition) is 1. The van der Waals surface area contributed by atoms with Crippen LogP contribution in [0.5, 0.6) is 0 Å². The fraction of sp³-hybridized carbons (Fsp3) is 0.600. The van der Waals surface area contributed by atoms with Crippen LogP contribution in [-0.2, 0) is 4.74 Å². The second kappa shape index (κ2) is 5.81. The molecule has 2 heterocycles. The summed E-state index contributed by atoms with van der Waals surface area (Å²) >= 11 is 2.98. The van der Waals surface area contributed by atoms with Crippen LogP contribution in [0.2, 0.25) is 0 Å². The molecule has 1 fully saturated rings. The molecule has 0 saturated carbocycles. The predicted octanol–water partition coefficient (Wildman–Crippen LogP) is 0.698. The van der Waals surface area contributed by atoms with Crippen molar-refractivity contribution in [1.82, 2.24) is 9.88 Å². The Bertz CT molecular complexity index is 397. The second-order valence-corrected chi connectivity index (χ2v) is 5.59. The number of aromatic nitrogens is 1. The number of thiazole rings is 1. The van der Waals surface area contributed by atoms with Gasteiger partial charge in [0.1, 0.15) is 10.0 Å². The number of β-amino-alcohol motifs (C(OH)–C–C–N with tert-alkyl or cyclic N) is 1. The van der Waals surface area contributed by atoms with E-state index in [1.54, 1.807) is 10.3 Å². The third-order valence-electron chi connectivity index (χ3n) is 2.41. The Morgan fingerprint density at radius 2 is 2.59 bits per heavy atom. The number of amides is 1. The highest BCUT2D eigenvalue weighted by Crippen LogP contribution is 2.20. The lowest BCUT2D eigenvalue weighted by Gasteiger charge is -2.20. The maximum atomic E-state index is 12.1. The first-order chi connectivity index (χ1) is 8.20. The Kier molecular flexibility index (Phi) is 4.38. The zero-order valence-corrected chi connectivity index (χ0v) is 11.1. The van der Waals surface area contributed by atoms with Crippen LogP contribution in [0.4, 0.5) is 0 Å². The lowest BCUT2D eigenvalue weighted by molar-refractivity contribution is 0.0533. The number of aliphatic hydroxyl groups excluding tert-OH is 1. The smallest absolute Gasteiger partial charge is 0.273 e. The molecule has 7 heteroatoms. The molecule has 17 heavy (non-hydrogen) atoms. The van der Waals surface area contributed by atoms with Gasteiger partial charge in [0.15, 0.2) is 0 Å². The van der Waals surface area contributed by atoms with E-state index >= 15 is 0 Å². The van der Waals surface area contributed by atoms with Crippen molar-refractivity contribution in [3.8, 4) is 0 Å². The summed E-state index contributed by atoms with van der Waals surface area (Å²) in [7, 11) is 0. The first kappa shape index (κ1) is 12.8. The van der Waals surface area contributed by atoms with E-state index in [-0.39, 0.29) is 12.5 Å². The molecule has 1 aromatic heterocycles. The average Bonchev–Trinajstić information content (AvgIpc) is 2.71. The normalized spacial score (nSPS) is 21.3. The predicted molar refractivity (Wildman–Crippen MR) is 66.6 cm³/mol. The van der Waals surface area contributed by atoms with Gasteiger partial charge in [-0.25, -0.2) is 4.98 Å². The minimum Gasteiger partial charge on any atom is -0.389 e. The number of aliphatic hydroxyl groups is 1. The number of hydrogen-bond acceptors (Lipinski definition) is 6. The molecule has 1 amide bonds. The van der Waals surface area contributed by atoms with Crippen LogP contribution in [0, 0.1) is 0 Å². The summed E-state index contributed by atoms with van der Waals surface area (Å²) < 4.78 is 6.06. The maximum Gasteiger partial charge on any atom is 0.273 e. The van der Waals surface area contributed by atoms with Crippen molar-refractivity contribution in [2.24, 2.45) is 0 Å². The lowest BCUT2D eigenvalue weighted by Crippen LogP contribution is -2.37. The van der Waals surface area contributed by atoms with Crippen molar-refractivity contribution < 1.29 is 14.6 Å². The molecular weight excluding hydrogens is 260 g/mol. The highest BCUT2D eigenvalue weighted by molar-refractivity contribution is 8.00. The number of thioether (sulfide) groups is 1. The molecule has 1 atom stereocenters. The van der Waals surface area contributed by atoms with Crippen molar-refractivity contribution >= 4 is 29.0 Å². The third-order valence-corrected chi connectivity index (χ3v) is 4.27. The lowest BCUT2D eigenvalue weighted by atomic mass is 10.3. The van der Waals surface area contributed by atoms with Crippen LogP contribution in [0.1, 0.15) is 10.5 Å². The van der Waals surface area contributed by atoms with Gasteiger partial charge in [-0.05, 0) is 6.26 Å². The monoisotopic (exact) mass is 274 g/mol. The summed E-state index contributed by atoms with van der Waals surface area (Å²) in [5.74, 6) is -0.133. The molecule has 0 aliphatic carbocycles. The van der Waals surface area contributed by atoms with E-state index in [0.717, 1.165) is 4.34 Å². The molecule has 2 rings (SSSR count). The standard InChI is InChI=1S/C10H14N2O3S2/c1-16-10-11-8(6-17-10)9(14)12-2-3-15-5-7(13)4-12/h6-7,13H,2-5H2,1H3/t7-/m0/s1. The van der Waals surface area contributed by atoms with Crippen molar-refractivity contribution in [1.29, 1.82) is 0 Å². The van der Waals surface area contributed by atoms with Crippen LogP contribution >= 0.6 is 23.1 Å². The average molecular weight is 274 g/mol. The second-order valence-electron chi connectivity index (χ2n) is 3.68. The van der Waals surface area contributed by atoms with Gasteiger partial charge in [0.05, 0.1) is 19.3 Å². The van der Waals surface area contributed by atoms with Crippen LogP contribution < -0.4 is 0 Å². The Labute approximate surface area is 108 Å². The van der Waals surface area contributed by atoms with Crippen molar-refractivity contribution in [2.45, 2.75) is 10.4 Å². The maximum absolute atomic E-state index is 12.1. The molecule has 1 saturated heterocycles. The zero-order chi connectivity index (χ0) is 12.3. The van der Waals surface area contributed by atoms with Crippen LogP contribution in [-0.4, -0.2) is 59.6 Å². The molecule has 0 unspecified atom stereocenters. The Morgan fingerprint density at radius 1 is 1.76 bits per heavy atom. The number of ether oxygens (including phenoxy) is 1. The summed E-state index contributed by atoms with van der Waals surface area (Å²) in [4.78, 5) is 17.9. The van der Waals surface area contributed by atoms with Gasteiger partial charge in [0.2, 0.25) is 0 Å². The third kappa shape index (κ3) is 3.19. The molecule has 1 N–H and O–H groups in total.